The lowest BCUT2D eigenvalue weighted by molar-refractivity contribution is -0.393. The summed E-state index contributed by atoms with van der Waals surface area (Å²) in [4.78, 5) is 46.3. The van der Waals surface area contributed by atoms with E-state index < -0.39 is 9.85 Å². The molecular weight excluding hydrogens is 584 g/mol. The molecule has 16 nitrogen and oxygen atoms in total. The van der Waals surface area contributed by atoms with E-state index >= 15 is 0 Å². The molecule has 1 N–H and O–H groups in total. The highest BCUT2D eigenvalue weighted by molar-refractivity contribution is 6.21. The molecule has 3 rings (SSSR count). The molecule has 1 aliphatic rings. The highest BCUT2D eigenvalue weighted by Crippen LogP contribution is 2.28. The van der Waals surface area contributed by atoms with Crippen LogP contribution >= 0.6 is 0 Å². The Morgan fingerprint density at radius 1 is 0.614 bits per heavy atom. The first kappa shape index (κ1) is 34.4. The van der Waals surface area contributed by atoms with Gasteiger partial charge in [0, 0.05) is 12.6 Å². The van der Waals surface area contributed by atoms with E-state index in [9.17, 15) is 29.8 Å². The number of hydrogen-bond donors (Lipinski definition) is 1. The number of nitrogens with zero attached hydrogens (tertiary/aromatic N) is 3. The number of carbonyl (C=O) groups excluding carboxylic acids is 2. The molecule has 0 spiro atoms. The maximum absolute atomic E-state index is 12.3. The second-order valence-corrected chi connectivity index (χ2v) is 9.12. The maximum Gasteiger partial charge on any atom is 0.299 e. The first-order valence-corrected chi connectivity index (χ1v) is 14.0. The molecule has 0 aliphatic carbocycles. The Labute approximate surface area is 253 Å². The molecule has 1 heterocycles. The van der Waals surface area contributed by atoms with Gasteiger partial charge in [0.1, 0.15) is 5.69 Å². The van der Waals surface area contributed by atoms with E-state index in [1.807, 2.05) is 0 Å². The molecule has 0 bridgehead atoms. The Hall–Kier alpha value is -4.06. The number of non-ortho nitro benzene ring substituents is 1. The average molecular weight is 621 g/mol. The number of imide groups is 1. The van der Waals surface area contributed by atoms with Gasteiger partial charge in [-0.2, -0.15) is 0 Å². The van der Waals surface area contributed by atoms with Crippen LogP contribution in [0.15, 0.2) is 42.5 Å². The minimum Gasteiger partial charge on any atom is -0.377 e. The third-order valence-corrected chi connectivity index (χ3v) is 6.15. The summed E-state index contributed by atoms with van der Waals surface area (Å²) < 4.78 is 32.6. The fourth-order valence-electron chi connectivity index (χ4n) is 3.99. The van der Waals surface area contributed by atoms with E-state index in [1.54, 1.807) is 24.3 Å². The van der Waals surface area contributed by atoms with Crippen molar-refractivity contribution in [1.82, 2.24) is 4.90 Å². The van der Waals surface area contributed by atoms with Gasteiger partial charge in [0.15, 0.2) is 0 Å². The number of nitro benzene ring substituents is 2. The number of fused-ring (bicyclic) bond motifs is 1. The number of benzene rings is 2. The molecular formula is C28H36N4O12. The van der Waals surface area contributed by atoms with Gasteiger partial charge < -0.3 is 33.7 Å². The van der Waals surface area contributed by atoms with Gasteiger partial charge in [-0.25, -0.2) is 0 Å². The number of ether oxygens (including phenoxy) is 6. The van der Waals surface area contributed by atoms with Crippen molar-refractivity contribution in [2.24, 2.45) is 0 Å². The summed E-state index contributed by atoms with van der Waals surface area (Å²) in [6, 6.07) is 10.2. The Kier molecular flexibility index (Phi) is 15.1. The lowest BCUT2D eigenvalue weighted by atomic mass is 10.1. The van der Waals surface area contributed by atoms with Gasteiger partial charge in [-0.05, 0) is 18.2 Å². The van der Waals surface area contributed by atoms with Crippen molar-refractivity contribution in [3.8, 4) is 0 Å². The van der Waals surface area contributed by atoms with E-state index in [2.05, 4.69) is 5.32 Å². The summed E-state index contributed by atoms with van der Waals surface area (Å²) in [5.74, 6) is -0.596. The first-order chi connectivity index (χ1) is 21.4. The van der Waals surface area contributed by atoms with Crippen molar-refractivity contribution in [3.05, 3.63) is 73.8 Å². The molecule has 2 aromatic rings. The van der Waals surface area contributed by atoms with Crippen molar-refractivity contribution in [3.63, 3.8) is 0 Å². The van der Waals surface area contributed by atoms with Gasteiger partial charge in [-0.3, -0.25) is 34.7 Å². The highest BCUT2D eigenvalue weighted by Gasteiger charge is 2.34. The van der Waals surface area contributed by atoms with E-state index in [1.165, 1.54) is 17.0 Å². The van der Waals surface area contributed by atoms with Gasteiger partial charge in [0.05, 0.1) is 113 Å². The van der Waals surface area contributed by atoms with Gasteiger partial charge in [-0.1, -0.05) is 12.1 Å². The SMILES string of the molecule is O=C1c2ccccc2C(=O)N1CCOCCOCCOCCOCCOCCOCCNc1ccc([N+](=O)[O-])cc1[N+](=O)[O-]. The highest BCUT2D eigenvalue weighted by atomic mass is 16.6. The Balaban J connectivity index is 1.04. The lowest BCUT2D eigenvalue weighted by Crippen LogP contribution is -2.33. The largest absolute Gasteiger partial charge is 0.377 e. The molecule has 240 valence electrons. The number of amides is 2. The molecule has 0 unspecified atom stereocenters. The third kappa shape index (κ3) is 11.2. The zero-order valence-corrected chi connectivity index (χ0v) is 24.2. The van der Waals surface area contributed by atoms with Crippen LogP contribution in [0.5, 0.6) is 0 Å². The summed E-state index contributed by atoms with van der Waals surface area (Å²) >= 11 is 0. The maximum atomic E-state index is 12.3. The van der Waals surface area contributed by atoms with Gasteiger partial charge in [0.2, 0.25) is 0 Å². The van der Waals surface area contributed by atoms with Crippen LogP contribution in [0.4, 0.5) is 17.1 Å². The summed E-state index contributed by atoms with van der Waals surface area (Å²) in [6.07, 6.45) is 0. The first-order valence-electron chi connectivity index (χ1n) is 14.0. The second-order valence-electron chi connectivity index (χ2n) is 9.12. The molecule has 2 amide bonds. The van der Waals surface area contributed by atoms with Crippen LogP contribution in [-0.4, -0.2) is 119 Å². The molecule has 0 fully saturated rings. The predicted octanol–water partition coefficient (Wildman–Crippen LogP) is 2.31. The number of nitro groups is 2. The van der Waals surface area contributed by atoms with Crippen molar-refractivity contribution in [1.29, 1.82) is 0 Å². The molecule has 44 heavy (non-hydrogen) atoms. The molecule has 2 aromatic carbocycles. The normalized spacial score (nSPS) is 12.5. The number of rotatable bonds is 24. The smallest absolute Gasteiger partial charge is 0.299 e. The fourth-order valence-corrected chi connectivity index (χ4v) is 3.99. The van der Waals surface area contributed by atoms with Crippen LogP contribution in [0, 0.1) is 20.2 Å². The van der Waals surface area contributed by atoms with Crippen LogP contribution in [0.2, 0.25) is 0 Å². The Morgan fingerprint density at radius 3 is 1.52 bits per heavy atom. The van der Waals surface area contributed by atoms with Crippen LogP contribution in [0.1, 0.15) is 20.7 Å². The molecule has 0 radical (unpaired) electrons. The number of carbonyl (C=O) groups is 2. The van der Waals surface area contributed by atoms with Gasteiger partial charge in [0.25, 0.3) is 23.2 Å². The van der Waals surface area contributed by atoms with Crippen LogP contribution in [-0.2, 0) is 28.4 Å². The second kappa shape index (κ2) is 19.3. The van der Waals surface area contributed by atoms with Gasteiger partial charge in [-0.15, -0.1) is 0 Å². The number of anilines is 1. The van der Waals surface area contributed by atoms with Crippen molar-refractivity contribution in [2.45, 2.75) is 0 Å². The molecule has 0 atom stereocenters. The van der Waals surface area contributed by atoms with E-state index in [0.29, 0.717) is 77.2 Å². The molecule has 0 saturated carbocycles. The minimum absolute atomic E-state index is 0.177. The van der Waals surface area contributed by atoms with Crippen LogP contribution in [0.25, 0.3) is 0 Å². The fraction of sp³-hybridized carbons (Fsp3) is 0.500. The number of nitrogens with one attached hydrogen (secondary N) is 1. The standard InChI is InChI=1S/C28H36N4O12/c33-27-23-3-1-2-4-24(23)28(34)30(27)8-10-40-12-14-42-16-18-44-20-19-43-17-15-41-13-11-39-9-7-29-25-6-5-22(31(35)36)21-26(25)32(37)38/h1-6,21,29H,7-20H2. The topological polar surface area (TPSA) is 191 Å². The summed E-state index contributed by atoms with van der Waals surface area (Å²) in [5, 5.41) is 24.8. The van der Waals surface area contributed by atoms with E-state index in [-0.39, 0.29) is 55.2 Å². The Morgan fingerprint density at radius 2 is 1.07 bits per heavy atom. The van der Waals surface area contributed by atoms with E-state index in [4.69, 9.17) is 28.4 Å². The van der Waals surface area contributed by atoms with Crippen molar-refractivity contribution < 1.29 is 47.9 Å². The third-order valence-electron chi connectivity index (χ3n) is 6.15. The lowest BCUT2D eigenvalue weighted by Gasteiger charge is -2.13. The molecule has 16 heteroatoms. The minimum atomic E-state index is -0.688. The number of hydrogen-bond acceptors (Lipinski definition) is 13. The van der Waals surface area contributed by atoms with Crippen molar-refractivity contribution in [2.75, 3.05) is 97.7 Å². The Bertz CT molecular complexity index is 1210. The molecule has 1 aliphatic heterocycles. The van der Waals surface area contributed by atoms with E-state index in [0.717, 1.165) is 6.07 Å². The zero-order chi connectivity index (χ0) is 31.6. The van der Waals surface area contributed by atoms with Crippen molar-refractivity contribution >= 4 is 28.9 Å². The molecule has 0 saturated heterocycles. The zero-order valence-electron chi connectivity index (χ0n) is 24.2. The molecule has 0 aromatic heterocycles. The average Bonchev–Trinajstić information content (AvgIpc) is 3.26. The quantitative estimate of drug-likeness (QED) is 0.0779. The summed E-state index contributed by atoms with van der Waals surface area (Å²) in [6.45, 7) is 4.72. The van der Waals surface area contributed by atoms with Crippen LogP contribution in [0.3, 0.4) is 0 Å². The van der Waals surface area contributed by atoms with Gasteiger partial charge >= 0.3 is 0 Å². The van der Waals surface area contributed by atoms with Crippen LogP contribution < -0.4 is 5.32 Å². The summed E-state index contributed by atoms with van der Waals surface area (Å²) in [7, 11) is 0. The monoisotopic (exact) mass is 620 g/mol. The predicted molar refractivity (Wildman–Crippen MR) is 155 cm³/mol. The summed E-state index contributed by atoms with van der Waals surface area (Å²) in [5.41, 5.74) is 0.295.